The number of aliphatic hydroxyl groups is 1. The van der Waals surface area contributed by atoms with Crippen molar-refractivity contribution in [2.75, 3.05) is 13.2 Å². The molecule has 1 aromatic heterocycles. The van der Waals surface area contributed by atoms with Gasteiger partial charge in [-0.1, -0.05) is 18.9 Å². The van der Waals surface area contributed by atoms with Crippen molar-refractivity contribution in [2.24, 2.45) is 5.92 Å². The molecule has 0 saturated heterocycles. The molecule has 2 aromatic rings. The van der Waals surface area contributed by atoms with E-state index in [1.165, 1.54) is 42.7 Å². The Balaban J connectivity index is 1.49. The van der Waals surface area contributed by atoms with Gasteiger partial charge >= 0.3 is 0 Å². The van der Waals surface area contributed by atoms with E-state index in [1.807, 2.05) is 0 Å². The first-order valence-electron chi connectivity index (χ1n) is 8.55. The smallest absolute Gasteiger partial charge is 0.123 e. The molecule has 24 heavy (non-hydrogen) atoms. The summed E-state index contributed by atoms with van der Waals surface area (Å²) in [7, 11) is 0. The van der Waals surface area contributed by atoms with E-state index in [0.29, 0.717) is 24.3 Å². The predicted octanol–water partition coefficient (Wildman–Crippen LogP) is 4.15. The molecule has 1 aliphatic rings. The minimum absolute atomic E-state index is 0.195. The summed E-state index contributed by atoms with van der Waals surface area (Å²) in [5.74, 6) is 0.926. The maximum absolute atomic E-state index is 12.9. The van der Waals surface area contributed by atoms with Crippen LogP contribution in [0.15, 0.2) is 41.8 Å². The molecule has 1 saturated carbocycles. The topological polar surface area (TPSA) is 41.5 Å². The van der Waals surface area contributed by atoms with Crippen LogP contribution in [0.5, 0.6) is 5.75 Å². The van der Waals surface area contributed by atoms with Gasteiger partial charge in [-0.05, 0) is 54.5 Å². The van der Waals surface area contributed by atoms with Crippen molar-refractivity contribution in [3.8, 4) is 5.75 Å². The fourth-order valence-corrected chi connectivity index (χ4v) is 4.20. The third-order valence-corrected chi connectivity index (χ3v) is 5.51. The molecule has 1 aliphatic carbocycles. The van der Waals surface area contributed by atoms with Crippen LogP contribution in [0.3, 0.4) is 0 Å². The largest absolute Gasteiger partial charge is 0.491 e. The maximum Gasteiger partial charge on any atom is 0.123 e. The van der Waals surface area contributed by atoms with Gasteiger partial charge in [0.2, 0.25) is 0 Å². The first-order valence-corrected chi connectivity index (χ1v) is 9.43. The molecule has 3 nitrogen and oxygen atoms in total. The Hall–Kier alpha value is -1.43. The first-order chi connectivity index (χ1) is 11.7. The molecular weight excluding hydrogens is 325 g/mol. The summed E-state index contributed by atoms with van der Waals surface area (Å²) in [5, 5.41) is 15.8. The van der Waals surface area contributed by atoms with E-state index in [4.69, 9.17) is 4.74 Å². The van der Waals surface area contributed by atoms with Crippen LogP contribution in [-0.4, -0.2) is 24.4 Å². The molecule has 0 radical (unpaired) electrons. The molecule has 3 rings (SSSR count). The van der Waals surface area contributed by atoms with Crippen LogP contribution >= 0.6 is 11.3 Å². The predicted molar refractivity (Wildman–Crippen MR) is 94.9 cm³/mol. The van der Waals surface area contributed by atoms with Gasteiger partial charge in [0.25, 0.3) is 0 Å². The number of halogens is 1. The fourth-order valence-electron chi connectivity index (χ4n) is 3.30. The zero-order valence-corrected chi connectivity index (χ0v) is 14.5. The molecule has 1 aromatic carbocycles. The number of aliphatic hydroxyl groups excluding tert-OH is 1. The van der Waals surface area contributed by atoms with Crippen molar-refractivity contribution in [3.63, 3.8) is 0 Å². The second-order valence-corrected chi connectivity index (χ2v) is 7.34. The van der Waals surface area contributed by atoms with Crippen LogP contribution in [0, 0.1) is 11.7 Å². The van der Waals surface area contributed by atoms with Crippen molar-refractivity contribution in [2.45, 2.75) is 37.8 Å². The van der Waals surface area contributed by atoms with Crippen LogP contribution in [0.25, 0.3) is 0 Å². The van der Waals surface area contributed by atoms with E-state index in [1.54, 1.807) is 23.5 Å². The lowest BCUT2D eigenvalue weighted by atomic mass is 9.96. The number of hydrogen-bond donors (Lipinski definition) is 2. The summed E-state index contributed by atoms with van der Waals surface area (Å²) in [6.07, 6.45) is 4.49. The van der Waals surface area contributed by atoms with Gasteiger partial charge in [0.15, 0.2) is 0 Å². The summed E-state index contributed by atoms with van der Waals surface area (Å²) >= 11 is 1.77. The molecular formula is C19H24FNO2S. The number of benzene rings is 1. The molecule has 2 N–H and O–H groups in total. The molecule has 0 aliphatic heterocycles. The molecule has 0 spiro atoms. The lowest BCUT2D eigenvalue weighted by Gasteiger charge is -2.25. The average Bonchev–Trinajstić information content (AvgIpc) is 3.29. The molecule has 0 bridgehead atoms. The zero-order valence-electron chi connectivity index (χ0n) is 13.7. The third-order valence-electron chi connectivity index (χ3n) is 4.55. The summed E-state index contributed by atoms with van der Waals surface area (Å²) in [6.45, 7) is 0.681. The third kappa shape index (κ3) is 4.79. The van der Waals surface area contributed by atoms with Crippen LogP contribution in [-0.2, 0) is 0 Å². The van der Waals surface area contributed by atoms with Gasteiger partial charge in [0.1, 0.15) is 24.3 Å². The number of thiophene rings is 1. The number of rotatable bonds is 8. The zero-order chi connectivity index (χ0) is 16.8. The van der Waals surface area contributed by atoms with Crippen molar-refractivity contribution in [3.05, 3.63) is 52.5 Å². The first kappa shape index (κ1) is 17.4. The summed E-state index contributed by atoms with van der Waals surface area (Å²) < 4.78 is 18.4. The van der Waals surface area contributed by atoms with Crippen LogP contribution in [0.2, 0.25) is 0 Å². The number of hydrogen-bond acceptors (Lipinski definition) is 4. The Bertz CT molecular complexity index is 596. The van der Waals surface area contributed by atoms with E-state index in [0.717, 1.165) is 0 Å². The monoisotopic (exact) mass is 349 g/mol. The van der Waals surface area contributed by atoms with Gasteiger partial charge in [0.05, 0.1) is 0 Å². The quantitative estimate of drug-likeness (QED) is 0.752. The lowest BCUT2D eigenvalue weighted by molar-refractivity contribution is 0.101. The second kappa shape index (κ2) is 8.60. The molecule has 2 atom stereocenters. The second-order valence-electron chi connectivity index (χ2n) is 6.36. The van der Waals surface area contributed by atoms with Gasteiger partial charge in [-0.2, -0.15) is 0 Å². The van der Waals surface area contributed by atoms with E-state index in [-0.39, 0.29) is 12.4 Å². The fraction of sp³-hybridized carbons (Fsp3) is 0.474. The van der Waals surface area contributed by atoms with Crippen LogP contribution < -0.4 is 10.1 Å². The molecule has 5 heteroatoms. The Kier molecular flexibility index (Phi) is 6.24. The highest BCUT2D eigenvalue weighted by Gasteiger charge is 2.27. The van der Waals surface area contributed by atoms with E-state index in [9.17, 15) is 9.50 Å². The minimum atomic E-state index is -0.598. The van der Waals surface area contributed by atoms with Crippen LogP contribution in [0.4, 0.5) is 4.39 Å². The maximum atomic E-state index is 12.9. The van der Waals surface area contributed by atoms with Crippen molar-refractivity contribution in [1.82, 2.24) is 5.32 Å². The highest BCUT2D eigenvalue weighted by Crippen LogP contribution is 2.37. The van der Waals surface area contributed by atoms with Crippen molar-refractivity contribution >= 4 is 11.3 Å². The Morgan fingerprint density at radius 1 is 1.21 bits per heavy atom. The van der Waals surface area contributed by atoms with Crippen molar-refractivity contribution in [1.29, 1.82) is 0 Å². The van der Waals surface area contributed by atoms with Gasteiger partial charge in [-0.25, -0.2) is 4.39 Å². The van der Waals surface area contributed by atoms with Gasteiger partial charge < -0.3 is 15.2 Å². The van der Waals surface area contributed by atoms with Crippen LogP contribution in [0.1, 0.15) is 36.6 Å². The molecule has 1 heterocycles. The van der Waals surface area contributed by atoms with Gasteiger partial charge in [-0.15, -0.1) is 11.3 Å². The molecule has 0 amide bonds. The summed E-state index contributed by atoms with van der Waals surface area (Å²) in [6, 6.07) is 10.4. The lowest BCUT2D eigenvalue weighted by Crippen LogP contribution is -2.36. The standard InChI is InChI=1S/C19H24FNO2S/c20-15-7-9-17(10-8-15)23-13-16(22)12-21-19(14-4-1-2-5-14)18-6-3-11-24-18/h3,6-11,14,16,19,21-22H,1-2,4-5,12-13H2. The highest BCUT2D eigenvalue weighted by atomic mass is 32.1. The molecule has 1 fully saturated rings. The summed E-state index contributed by atoms with van der Waals surface area (Å²) in [4.78, 5) is 1.34. The number of ether oxygens (including phenoxy) is 1. The SMILES string of the molecule is OC(CNC(c1cccs1)C1CCCC1)COc1ccc(F)cc1. The highest BCUT2D eigenvalue weighted by molar-refractivity contribution is 7.10. The average molecular weight is 349 g/mol. The molecule has 2 unspecified atom stereocenters. The van der Waals surface area contributed by atoms with E-state index in [2.05, 4.69) is 22.8 Å². The van der Waals surface area contributed by atoms with Crippen molar-refractivity contribution < 1.29 is 14.2 Å². The number of nitrogens with one attached hydrogen (secondary N) is 1. The van der Waals surface area contributed by atoms with Gasteiger partial charge in [-0.3, -0.25) is 0 Å². The minimum Gasteiger partial charge on any atom is -0.491 e. The van der Waals surface area contributed by atoms with E-state index >= 15 is 0 Å². The summed E-state index contributed by atoms with van der Waals surface area (Å²) in [5.41, 5.74) is 0. The normalized spacial score (nSPS) is 17.8. The Morgan fingerprint density at radius 2 is 1.96 bits per heavy atom. The Morgan fingerprint density at radius 3 is 2.62 bits per heavy atom. The molecule has 130 valence electrons. The Labute approximate surface area is 146 Å². The van der Waals surface area contributed by atoms with Gasteiger partial charge in [0, 0.05) is 17.5 Å². The van der Waals surface area contributed by atoms with E-state index < -0.39 is 6.10 Å².